The fourth-order valence-corrected chi connectivity index (χ4v) is 4.08. The average molecular weight is 287 g/mol. The first-order chi connectivity index (χ1) is 10.2. The molecule has 1 aliphatic carbocycles. The van der Waals surface area contributed by atoms with Gasteiger partial charge in [0.1, 0.15) is 0 Å². The highest BCUT2D eigenvalue weighted by Gasteiger charge is 2.28. The summed E-state index contributed by atoms with van der Waals surface area (Å²) in [5, 5.41) is 3.78. The first-order valence-corrected chi connectivity index (χ1v) is 8.96. The van der Waals surface area contributed by atoms with Crippen LogP contribution in [0.4, 0.5) is 0 Å². The first-order valence-electron chi connectivity index (χ1n) is 8.96. The van der Waals surface area contributed by atoms with Gasteiger partial charge >= 0.3 is 0 Å². The monoisotopic (exact) mass is 287 g/mol. The lowest BCUT2D eigenvalue weighted by Gasteiger charge is -2.35. The van der Waals surface area contributed by atoms with Crippen LogP contribution in [0.5, 0.6) is 0 Å². The molecule has 1 N–H and O–H groups in total. The SMILES string of the molecule is CCCC1CCC(C(NCC)c2cccc(C)c2C)CC1. The second kappa shape index (κ2) is 7.98. The van der Waals surface area contributed by atoms with Crippen molar-refractivity contribution < 1.29 is 0 Å². The van der Waals surface area contributed by atoms with Crippen molar-refractivity contribution in [1.82, 2.24) is 5.32 Å². The van der Waals surface area contributed by atoms with E-state index in [1.165, 1.54) is 55.2 Å². The molecular formula is C20H33N. The predicted molar refractivity (Wildman–Crippen MR) is 92.7 cm³/mol. The molecule has 1 saturated carbocycles. The topological polar surface area (TPSA) is 12.0 Å². The van der Waals surface area contributed by atoms with Crippen molar-refractivity contribution in [2.75, 3.05) is 6.54 Å². The fourth-order valence-electron chi connectivity index (χ4n) is 4.08. The van der Waals surface area contributed by atoms with E-state index in [1.807, 2.05) is 0 Å². The Kier molecular flexibility index (Phi) is 6.29. The van der Waals surface area contributed by atoms with Crippen LogP contribution in [0.3, 0.4) is 0 Å². The molecule has 1 unspecified atom stereocenters. The highest BCUT2D eigenvalue weighted by Crippen LogP contribution is 2.39. The summed E-state index contributed by atoms with van der Waals surface area (Å²) in [6.45, 7) is 10.1. The van der Waals surface area contributed by atoms with Crippen LogP contribution in [0.25, 0.3) is 0 Å². The Bertz CT molecular complexity index is 429. The Morgan fingerprint density at radius 1 is 1.10 bits per heavy atom. The quantitative estimate of drug-likeness (QED) is 0.722. The van der Waals surface area contributed by atoms with Gasteiger partial charge in [-0.2, -0.15) is 0 Å². The van der Waals surface area contributed by atoms with Crippen LogP contribution in [-0.4, -0.2) is 6.54 Å². The lowest BCUT2D eigenvalue weighted by molar-refractivity contribution is 0.215. The lowest BCUT2D eigenvalue weighted by atomic mass is 9.74. The first kappa shape index (κ1) is 16.5. The highest BCUT2D eigenvalue weighted by atomic mass is 14.9. The molecule has 1 aliphatic rings. The van der Waals surface area contributed by atoms with Gasteiger partial charge in [-0.25, -0.2) is 0 Å². The van der Waals surface area contributed by atoms with Crippen LogP contribution in [-0.2, 0) is 0 Å². The van der Waals surface area contributed by atoms with E-state index in [1.54, 1.807) is 0 Å². The largest absolute Gasteiger partial charge is 0.310 e. The Morgan fingerprint density at radius 3 is 2.43 bits per heavy atom. The van der Waals surface area contributed by atoms with Crippen LogP contribution in [0, 0.1) is 25.7 Å². The Morgan fingerprint density at radius 2 is 1.81 bits per heavy atom. The molecule has 0 bridgehead atoms. The van der Waals surface area contributed by atoms with Crippen LogP contribution in [0.1, 0.15) is 75.1 Å². The van der Waals surface area contributed by atoms with Gasteiger partial charge in [0.2, 0.25) is 0 Å². The number of hydrogen-bond acceptors (Lipinski definition) is 1. The normalized spacial score (nSPS) is 24.0. The second-order valence-electron chi connectivity index (χ2n) is 6.89. The third-order valence-corrected chi connectivity index (χ3v) is 5.47. The van der Waals surface area contributed by atoms with Gasteiger partial charge in [-0.15, -0.1) is 0 Å². The molecule has 1 fully saturated rings. The van der Waals surface area contributed by atoms with Crippen molar-refractivity contribution in [2.45, 2.75) is 72.3 Å². The number of rotatable bonds is 6. The third kappa shape index (κ3) is 4.10. The maximum atomic E-state index is 3.78. The van der Waals surface area contributed by atoms with Crippen molar-refractivity contribution in [3.8, 4) is 0 Å². The van der Waals surface area contributed by atoms with Gasteiger partial charge in [0, 0.05) is 6.04 Å². The second-order valence-corrected chi connectivity index (χ2v) is 6.89. The van der Waals surface area contributed by atoms with Crippen LogP contribution in [0.2, 0.25) is 0 Å². The molecule has 1 heteroatoms. The summed E-state index contributed by atoms with van der Waals surface area (Å²) in [6, 6.07) is 7.36. The Hall–Kier alpha value is -0.820. The van der Waals surface area contributed by atoms with Crippen LogP contribution < -0.4 is 5.32 Å². The fraction of sp³-hybridized carbons (Fsp3) is 0.700. The minimum atomic E-state index is 0.553. The Labute approximate surface area is 131 Å². The summed E-state index contributed by atoms with van der Waals surface area (Å²) in [5.74, 6) is 1.81. The minimum absolute atomic E-state index is 0.553. The zero-order chi connectivity index (χ0) is 15.2. The molecule has 0 saturated heterocycles. The smallest absolute Gasteiger partial charge is 0.0351 e. The summed E-state index contributed by atoms with van der Waals surface area (Å²) >= 11 is 0. The molecule has 1 aromatic rings. The summed E-state index contributed by atoms with van der Waals surface area (Å²) in [7, 11) is 0. The summed E-state index contributed by atoms with van der Waals surface area (Å²) in [5.41, 5.74) is 4.45. The van der Waals surface area contributed by atoms with Crippen LogP contribution >= 0.6 is 0 Å². The zero-order valence-electron chi connectivity index (χ0n) is 14.4. The number of aryl methyl sites for hydroxylation is 1. The van der Waals surface area contributed by atoms with Crippen molar-refractivity contribution in [1.29, 1.82) is 0 Å². The van der Waals surface area contributed by atoms with Gasteiger partial charge in [0.25, 0.3) is 0 Å². The summed E-state index contributed by atoms with van der Waals surface area (Å²) in [4.78, 5) is 0. The maximum absolute atomic E-state index is 3.78. The molecule has 1 nitrogen and oxygen atoms in total. The van der Waals surface area contributed by atoms with Crippen LogP contribution in [0.15, 0.2) is 18.2 Å². The van der Waals surface area contributed by atoms with E-state index in [0.717, 1.165) is 18.4 Å². The molecule has 0 amide bonds. The van der Waals surface area contributed by atoms with Gasteiger partial charge in [-0.05, 0) is 61.8 Å². The average Bonchev–Trinajstić information content (AvgIpc) is 2.49. The molecule has 1 aromatic carbocycles. The lowest BCUT2D eigenvalue weighted by Crippen LogP contribution is -2.31. The van der Waals surface area contributed by atoms with E-state index in [0.29, 0.717) is 6.04 Å². The summed E-state index contributed by atoms with van der Waals surface area (Å²) in [6.07, 6.45) is 8.45. The molecule has 0 aromatic heterocycles. The molecule has 2 rings (SSSR count). The van der Waals surface area contributed by atoms with E-state index in [2.05, 4.69) is 51.2 Å². The van der Waals surface area contributed by atoms with Crippen molar-refractivity contribution in [3.63, 3.8) is 0 Å². The van der Waals surface area contributed by atoms with E-state index in [4.69, 9.17) is 0 Å². The van der Waals surface area contributed by atoms with Gasteiger partial charge in [0.05, 0.1) is 0 Å². The van der Waals surface area contributed by atoms with Crippen molar-refractivity contribution in [3.05, 3.63) is 34.9 Å². The van der Waals surface area contributed by atoms with E-state index in [9.17, 15) is 0 Å². The van der Waals surface area contributed by atoms with E-state index in [-0.39, 0.29) is 0 Å². The molecule has 0 heterocycles. The maximum Gasteiger partial charge on any atom is 0.0351 e. The molecule has 0 spiro atoms. The standard InChI is InChI=1S/C20H33N/c1-5-8-17-11-13-18(14-12-17)20(21-6-2)19-10-7-9-15(3)16(19)4/h7,9-10,17-18,20-21H,5-6,8,11-14H2,1-4H3. The van der Waals surface area contributed by atoms with Crippen molar-refractivity contribution >= 4 is 0 Å². The van der Waals surface area contributed by atoms with E-state index >= 15 is 0 Å². The third-order valence-electron chi connectivity index (χ3n) is 5.47. The molecule has 0 aliphatic heterocycles. The molecular weight excluding hydrogens is 254 g/mol. The number of nitrogens with one attached hydrogen (secondary N) is 1. The Balaban J connectivity index is 2.11. The predicted octanol–water partition coefficient (Wildman–Crippen LogP) is 5.56. The van der Waals surface area contributed by atoms with Gasteiger partial charge < -0.3 is 5.32 Å². The molecule has 118 valence electrons. The number of hydrogen-bond donors (Lipinski definition) is 1. The van der Waals surface area contributed by atoms with Crippen molar-refractivity contribution in [2.24, 2.45) is 11.8 Å². The zero-order valence-corrected chi connectivity index (χ0v) is 14.4. The molecule has 21 heavy (non-hydrogen) atoms. The van der Waals surface area contributed by atoms with Gasteiger partial charge in [-0.3, -0.25) is 0 Å². The molecule has 0 radical (unpaired) electrons. The molecule has 1 atom stereocenters. The van der Waals surface area contributed by atoms with E-state index < -0.39 is 0 Å². The van der Waals surface area contributed by atoms with Gasteiger partial charge in [-0.1, -0.05) is 57.7 Å². The minimum Gasteiger partial charge on any atom is -0.310 e. The highest BCUT2D eigenvalue weighted by molar-refractivity contribution is 5.35. The van der Waals surface area contributed by atoms with Gasteiger partial charge in [0.15, 0.2) is 0 Å². The summed E-state index contributed by atoms with van der Waals surface area (Å²) < 4.78 is 0. The number of benzene rings is 1.